The second-order valence-corrected chi connectivity index (χ2v) is 7.82. The Bertz CT molecular complexity index is 390. The maximum Gasteiger partial charge on any atom is 0.649 e. The van der Waals surface area contributed by atoms with Crippen molar-refractivity contribution in [2.45, 2.75) is 121 Å². The van der Waals surface area contributed by atoms with Gasteiger partial charge in [0.1, 0.15) is 6.10 Å². The van der Waals surface area contributed by atoms with Crippen LogP contribution in [0.5, 0.6) is 0 Å². The van der Waals surface area contributed by atoms with Crippen LogP contribution in [0.2, 0.25) is 0 Å². The molecule has 2 atom stereocenters. The van der Waals surface area contributed by atoms with Gasteiger partial charge in [-0.2, -0.15) is 0 Å². The first-order valence-electron chi connectivity index (χ1n) is 10.7. The van der Waals surface area contributed by atoms with Gasteiger partial charge in [-0.25, -0.2) is 0 Å². The lowest BCUT2D eigenvalue weighted by Gasteiger charge is -2.37. The molecular formula is C19H37BO6. The lowest BCUT2D eigenvalue weighted by atomic mass is 9.99. The zero-order chi connectivity index (χ0) is 18.9. The number of fused-ring (bicyclic) bond motifs is 1. The van der Waals surface area contributed by atoms with Crippen LogP contribution < -0.4 is 0 Å². The molecule has 152 valence electrons. The Kier molecular flexibility index (Phi) is 9.34. The number of aliphatic hydroxyl groups is 3. The molecule has 2 bridgehead atoms. The molecule has 3 aliphatic rings. The molecule has 0 aromatic carbocycles. The average molecular weight is 372 g/mol. The van der Waals surface area contributed by atoms with Crippen LogP contribution in [0, 0.1) is 0 Å². The van der Waals surface area contributed by atoms with Crippen molar-refractivity contribution in [2.24, 2.45) is 0 Å². The predicted molar refractivity (Wildman–Crippen MR) is 99.8 cm³/mol. The largest absolute Gasteiger partial charge is 0.649 e. The minimum atomic E-state index is -2.22. The maximum absolute atomic E-state index is 10.2. The molecule has 0 spiro atoms. The van der Waals surface area contributed by atoms with Crippen molar-refractivity contribution in [3.63, 3.8) is 0 Å². The molecule has 0 radical (unpaired) electrons. The summed E-state index contributed by atoms with van der Waals surface area (Å²) in [4.78, 5) is 0. The van der Waals surface area contributed by atoms with Crippen LogP contribution in [0.15, 0.2) is 0 Å². The van der Waals surface area contributed by atoms with Crippen LogP contribution in [-0.2, 0) is 14.0 Å². The van der Waals surface area contributed by atoms with Gasteiger partial charge in [-0.05, 0) is 6.42 Å². The molecular weight excluding hydrogens is 335 g/mol. The highest BCUT2D eigenvalue weighted by atomic mass is 17.0. The zero-order valence-corrected chi connectivity index (χ0v) is 16.3. The van der Waals surface area contributed by atoms with Crippen LogP contribution in [0.25, 0.3) is 0 Å². The van der Waals surface area contributed by atoms with E-state index in [1.807, 2.05) is 0 Å². The third-order valence-corrected chi connectivity index (χ3v) is 5.52. The lowest BCUT2D eigenvalue weighted by Crippen LogP contribution is -2.62. The van der Waals surface area contributed by atoms with E-state index >= 15 is 0 Å². The number of rotatable bonds is 16. The van der Waals surface area contributed by atoms with E-state index in [9.17, 15) is 15.3 Å². The van der Waals surface area contributed by atoms with E-state index in [-0.39, 0.29) is 0 Å². The smallest absolute Gasteiger partial charge is 0.387 e. The van der Waals surface area contributed by atoms with Crippen molar-refractivity contribution in [2.75, 3.05) is 0 Å². The summed E-state index contributed by atoms with van der Waals surface area (Å²) < 4.78 is 14.6. The van der Waals surface area contributed by atoms with Crippen molar-refractivity contribution in [1.82, 2.24) is 0 Å². The first kappa shape index (κ1) is 22.1. The summed E-state index contributed by atoms with van der Waals surface area (Å²) in [5.41, 5.74) is 0. The van der Waals surface area contributed by atoms with E-state index < -0.39 is 25.2 Å². The minimum Gasteiger partial charge on any atom is -0.387 e. The minimum absolute atomic E-state index is 0.344. The molecule has 3 aliphatic heterocycles. The Morgan fingerprint density at radius 2 is 1.12 bits per heavy atom. The fourth-order valence-corrected chi connectivity index (χ4v) is 3.72. The van der Waals surface area contributed by atoms with Crippen LogP contribution in [0.3, 0.4) is 0 Å². The summed E-state index contributed by atoms with van der Waals surface area (Å²) in [6, 6.07) is 0. The van der Waals surface area contributed by atoms with Gasteiger partial charge < -0.3 is 29.3 Å². The van der Waals surface area contributed by atoms with Crippen molar-refractivity contribution in [1.29, 1.82) is 0 Å². The number of aliphatic hydroxyl groups excluding tert-OH is 1. The molecule has 26 heavy (non-hydrogen) atoms. The Labute approximate surface area is 158 Å². The standard InChI is InChI=1S/C19H37BO6/c1-2-3-4-5-6-7-8-9-10-11-12-13-14-15-16-17(21)18(22)19(23)25-20(24-18)26-19/h17,21-23H,2-16H2,1H3. The third-order valence-electron chi connectivity index (χ3n) is 5.52. The fourth-order valence-electron chi connectivity index (χ4n) is 3.72. The molecule has 3 N–H and O–H groups in total. The Balaban J connectivity index is 1.35. The zero-order valence-electron chi connectivity index (χ0n) is 16.3. The van der Waals surface area contributed by atoms with E-state index in [0.29, 0.717) is 6.42 Å². The molecule has 2 unspecified atom stereocenters. The van der Waals surface area contributed by atoms with Crippen LogP contribution >= 0.6 is 0 Å². The molecule has 0 amide bonds. The Morgan fingerprint density at radius 1 is 0.692 bits per heavy atom. The number of hydrogen-bond acceptors (Lipinski definition) is 6. The molecule has 0 aromatic rings. The molecule has 3 saturated heterocycles. The van der Waals surface area contributed by atoms with Gasteiger partial charge in [-0.15, -0.1) is 0 Å². The average Bonchev–Trinajstić information content (AvgIpc) is 3.01. The quantitative estimate of drug-likeness (QED) is 0.283. The SMILES string of the molecule is CCCCCCCCCCCCCCCCC(O)C1(O)OB2OC1(O)O2. The van der Waals surface area contributed by atoms with E-state index in [0.717, 1.165) is 19.3 Å². The Morgan fingerprint density at radius 3 is 1.50 bits per heavy atom. The molecule has 0 saturated carbocycles. The highest BCUT2D eigenvalue weighted by molar-refractivity contribution is 6.40. The molecule has 0 aromatic heterocycles. The van der Waals surface area contributed by atoms with Crippen LogP contribution in [0.1, 0.15) is 103 Å². The predicted octanol–water partition coefficient (Wildman–Crippen LogP) is 3.62. The topological polar surface area (TPSA) is 88.4 Å². The van der Waals surface area contributed by atoms with E-state index in [2.05, 4.69) is 6.92 Å². The summed E-state index contributed by atoms with van der Waals surface area (Å²) in [5.74, 6) is -4.39. The first-order chi connectivity index (χ1) is 12.5. The molecule has 0 aliphatic carbocycles. The van der Waals surface area contributed by atoms with Crippen molar-refractivity contribution in [3.8, 4) is 0 Å². The fraction of sp³-hybridized carbons (Fsp3) is 1.00. The summed E-state index contributed by atoms with van der Waals surface area (Å²) in [6.07, 6.45) is 16.8. The first-order valence-corrected chi connectivity index (χ1v) is 10.7. The number of hydrogen-bond donors (Lipinski definition) is 3. The van der Waals surface area contributed by atoms with Crippen LogP contribution in [-0.4, -0.2) is 40.5 Å². The van der Waals surface area contributed by atoms with Gasteiger partial charge in [0.2, 0.25) is 0 Å². The van der Waals surface area contributed by atoms with Gasteiger partial charge in [0.25, 0.3) is 5.79 Å². The maximum atomic E-state index is 10.2. The second kappa shape index (κ2) is 11.0. The summed E-state index contributed by atoms with van der Waals surface area (Å²) in [5, 5.41) is 30.0. The van der Waals surface area contributed by atoms with Crippen molar-refractivity contribution in [3.05, 3.63) is 0 Å². The van der Waals surface area contributed by atoms with Crippen molar-refractivity contribution >= 4 is 7.32 Å². The van der Waals surface area contributed by atoms with Crippen LogP contribution in [0.4, 0.5) is 0 Å². The van der Waals surface area contributed by atoms with E-state index in [4.69, 9.17) is 14.0 Å². The molecule has 3 heterocycles. The van der Waals surface area contributed by atoms with Gasteiger partial charge in [-0.3, -0.25) is 0 Å². The van der Waals surface area contributed by atoms with Gasteiger partial charge in [-0.1, -0.05) is 96.8 Å². The number of unbranched alkanes of at least 4 members (excludes halogenated alkanes) is 13. The highest BCUT2D eigenvalue weighted by Gasteiger charge is 2.77. The highest BCUT2D eigenvalue weighted by Crippen LogP contribution is 2.47. The Hall–Kier alpha value is -0.175. The molecule has 3 rings (SSSR count). The van der Waals surface area contributed by atoms with Gasteiger partial charge in [0, 0.05) is 0 Å². The second-order valence-electron chi connectivity index (χ2n) is 7.82. The summed E-state index contributed by atoms with van der Waals surface area (Å²) in [6.45, 7) is 2.26. The summed E-state index contributed by atoms with van der Waals surface area (Å²) >= 11 is 0. The lowest BCUT2D eigenvalue weighted by molar-refractivity contribution is -0.416. The summed E-state index contributed by atoms with van der Waals surface area (Å²) in [7, 11) is -1.07. The molecule has 6 nitrogen and oxygen atoms in total. The monoisotopic (exact) mass is 372 g/mol. The van der Waals surface area contributed by atoms with Gasteiger partial charge in [0.15, 0.2) is 0 Å². The normalized spacial score (nSPS) is 28.4. The molecule has 7 heteroatoms. The van der Waals surface area contributed by atoms with Gasteiger partial charge >= 0.3 is 13.3 Å². The van der Waals surface area contributed by atoms with Gasteiger partial charge in [0.05, 0.1) is 0 Å². The van der Waals surface area contributed by atoms with E-state index in [1.54, 1.807) is 0 Å². The molecule has 3 fully saturated rings. The van der Waals surface area contributed by atoms with E-state index in [1.165, 1.54) is 70.6 Å². The third kappa shape index (κ3) is 5.91. The van der Waals surface area contributed by atoms with Crippen molar-refractivity contribution < 1.29 is 29.3 Å².